The minimum absolute atomic E-state index is 0.230. The lowest BCUT2D eigenvalue weighted by Gasteiger charge is -2.27. The quantitative estimate of drug-likeness (QED) is 0.580. The summed E-state index contributed by atoms with van der Waals surface area (Å²) in [7, 11) is 1.36. The fraction of sp³-hybridized carbons (Fsp3) is 0.562. The maximum atomic E-state index is 11.8. The summed E-state index contributed by atoms with van der Waals surface area (Å²) in [5.74, 6) is 0.185. The standard InChI is InChI=1S/C16H21BrO5/c1-10-12(16(18)19-3)7-8-13(17)15(10)22-11(2)21-14-6-4-5-9-20-14/h7-8,11,14H,4-6,9H2,1-3H3. The van der Waals surface area contributed by atoms with Crippen LogP contribution in [0.15, 0.2) is 16.6 Å². The summed E-state index contributed by atoms with van der Waals surface area (Å²) in [4.78, 5) is 11.8. The molecule has 0 N–H and O–H groups in total. The van der Waals surface area contributed by atoms with E-state index in [1.807, 2.05) is 13.8 Å². The number of ether oxygens (including phenoxy) is 4. The van der Waals surface area contributed by atoms with Crippen LogP contribution in [0, 0.1) is 6.92 Å². The maximum absolute atomic E-state index is 11.8. The van der Waals surface area contributed by atoms with Gasteiger partial charge in [0.1, 0.15) is 5.75 Å². The van der Waals surface area contributed by atoms with Crippen LogP contribution >= 0.6 is 15.9 Å². The Kier molecular flexibility index (Phi) is 6.23. The van der Waals surface area contributed by atoms with Crippen molar-refractivity contribution in [2.75, 3.05) is 13.7 Å². The second-order valence-corrected chi connectivity index (χ2v) is 6.01. The van der Waals surface area contributed by atoms with Gasteiger partial charge in [-0.2, -0.15) is 0 Å². The van der Waals surface area contributed by atoms with Crippen molar-refractivity contribution in [2.45, 2.75) is 45.7 Å². The van der Waals surface area contributed by atoms with E-state index in [1.54, 1.807) is 12.1 Å². The third-order valence-electron chi connectivity index (χ3n) is 3.53. The zero-order valence-electron chi connectivity index (χ0n) is 13.1. The van der Waals surface area contributed by atoms with Gasteiger partial charge in [-0.3, -0.25) is 0 Å². The van der Waals surface area contributed by atoms with Crippen LogP contribution in [-0.4, -0.2) is 32.3 Å². The summed E-state index contributed by atoms with van der Waals surface area (Å²) in [6.45, 7) is 4.35. The molecule has 1 aliphatic heterocycles. The largest absolute Gasteiger partial charge is 0.465 e. The zero-order valence-corrected chi connectivity index (χ0v) is 14.6. The molecule has 0 aromatic heterocycles. The molecule has 1 heterocycles. The van der Waals surface area contributed by atoms with Crippen molar-refractivity contribution in [3.05, 3.63) is 27.7 Å². The average Bonchev–Trinajstić information content (AvgIpc) is 2.51. The molecule has 1 aromatic rings. The van der Waals surface area contributed by atoms with Crippen molar-refractivity contribution in [1.29, 1.82) is 0 Å². The summed E-state index contributed by atoms with van der Waals surface area (Å²) in [6, 6.07) is 3.46. The Morgan fingerprint density at radius 2 is 2.18 bits per heavy atom. The Hall–Kier alpha value is -1.11. The highest BCUT2D eigenvalue weighted by Gasteiger charge is 2.21. The maximum Gasteiger partial charge on any atom is 0.338 e. The summed E-state index contributed by atoms with van der Waals surface area (Å²) in [6.07, 6.45) is 2.33. The van der Waals surface area contributed by atoms with Gasteiger partial charge >= 0.3 is 5.97 Å². The van der Waals surface area contributed by atoms with Crippen LogP contribution in [0.5, 0.6) is 5.75 Å². The minimum atomic E-state index is -0.481. The molecule has 2 unspecified atom stereocenters. The number of halogens is 1. The van der Waals surface area contributed by atoms with E-state index in [-0.39, 0.29) is 12.3 Å². The van der Waals surface area contributed by atoms with E-state index < -0.39 is 6.29 Å². The first-order valence-electron chi connectivity index (χ1n) is 7.34. The fourth-order valence-corrected chi connectivity index (χ4v) is 2.88. The first-order valence-corrected chi connectivity index (χ1v) is 8.13. The van der Waals surface area contributed by atoms with Gasteiger partial charge in [-0.15, -0.1) is 0 Å². The van der Waals surface area contributed by atoms with E-state index >= 15 is 0 Å². The van der Waals surface area contributed by atoms with Crippen molar-refractivity contribution in [3.8, 4) is 5.75 Å². The van der Waals surface area contributed by atoms with Crippen LogP contribution in [0.1, 0.15) is 42.1 Å². The summed E-state index contributed by atoms with van der Waals surface area (Å²) in [5, 5.41) is 0. The Morgan fingerprint density at radius 3 is 2.82 bits per heavy atom. The molecule has 0 saturated carbocycles. The molecular weight excluding hydrogens is 352 g/mol. The average molecular weight is 373 g/mol. The predicted molar refractivity (Wildman–Crippen MR) is 85.0 cm³/mol. The number of hydrogen-bond acceptors (Lipinski definition) is 5. The van der Waals surface area contributed by atoms with Gasteiger partial charge < -0.3 is 18.9 Å². The van der Waals surface area contributed by atoms with Crippen molar-refractivity contribution in [3.63, 3.8) is 0 Å². The molecule has 122 valence electrons. The second kappa shape index (κ2) is 7.94. The molecule has 1 saturated heterocycles. The molecule has 0 spiro atoms. The molecule has 6 heteroatoms. The Labute approximate surface area is 139 Å². The van der Waals surface area contributed by atoms with Crippen LogP contribution in [0.2, 0.25) is 0 Å². The molecule has 2 atom stereocenters. The smallest absolute Gasteiger partial charge is 0.338 e. The molecule has 0 amide bonds. The second-order valence-electron chi connectivity index (χ2n) is 5.16. The molecule has 2 rings (SSSR count). The summed E-state index contributed by atoms with van der Waals surface area (Å²) in [5.41, 5.74) is 1.18. The van der Waals surface area contributed by atoms with Gasteiger partial charge in [0.15, 0.2) is 12.6 Å². The van der Waals surface area contributed by atoms with Crippen LogP contribution < -0.4 is 4.74 Å². The highest BCUT2D eigenvalue weighted by molar-refractivity contribution is 9.10. The molecule has 0 bridgehead atoms. The molecule has 0 aliphatic carbocycles. The minimum Gasteiger partial charge on any atom is -0.465 e. The van der Waals surface area contributed by atoms with E-state index in [1.165, 1.54) is 7.11 Å². The normalized spacial score (nSPS) is 19.5. The van der Waals surface area contributed by atoms with Crippen molar-refractivity contribution in [2.24, 2.45) is 0 Å². The van der Waals surface area contributed by atoms with Crippen molar-refractivity contribution >= 4 is 21.9 Å². The number of rotatable bonds is 5. The van der Waals surface area contributed by atoms with Gasteiger partial charge in [0.05, 0.1) is 17.1 Å². The first-order chi connectivity index (χ1) is 10.5. The number of esters is 1. The Balaban J connectivity index is 2.09. The molecule has 22 heavy (non-hydrogen) atoms. The van der Waals surface area contributed by atoms with Crippen LogP contribution in [0.4, 0.5) is 0 Å². The molecular formula is C16H21BrO5. The van der Waals surface area contributed by atoms with Gasteiger partial charge in [-0.05, 0) is 61.2 Å². The number of carbonyl (C=O) groups is 1. The number of hydrogen-bond donors (Lipinski definition) is 0. The molecule has 1 aromatic carbocycles. The van der Waals surface area contributed by atoms with Gasteiger partial charge in [-0.25, -0.2) is 4.79 Å². The molecule has 1 fully saturated rings. The lowest BCUT2D eigenvalue weighted by molar-refractivity contribution is -0.225. The van der Waals surface area contributed by atoms with Gasteiger partial charge in [0.25, 0.3) is 0 Å². The predicted octanol–water partition coefficient (Wildman–Crippen LogP) is 3.81. The Bertz CT molecular complexity index is 526. The SMILES string of the molecule is COC(=O)c1ccc(Br)c(OC(C)OC2CCCCO2)c1C. The summed E-state index contributed by atoms with van der Waals surface area (Å²) >= 11 is 3.44. The molecule has 5 nitrogen and oxygen atoms in total. The molecule has 1 aliphatic rings. The van der Waals surface area contributed by atoms with Crippen LogP contribution in [-0.2, 0) is 14.2 Å². The van der Waals surface area contributed by atoms with Gasteiger partial charge in [0.2, 0.25) is 0 Å². The lowest BCUT2D eigenvalue weighted by Crippen LogP contribution is -2.29. The first kappa shape index (κ1) is 17.2. The van der Waals surface area contributed by atoms with Crippen molar-refractivity contribution in [1.82, 2.24) is 0 Å². The highest BCUT2D eigenvalue weighted by Crippen LogP contribution is 2.33. The Morgan fingerprint density at radius 1 is 1.41 bits per heavy atom. The summed E-state index contributed by atoms with van der Waals surface area (Å²) < 4.78 is 22.7. The van der Waals surface area contributed by atoms with E-state index in [0.717, 1.165) is 30.3 Å². The molecule has 0 radical (unpaired) electrons. The van der Waals surface area contributed by atoms with E-state index in [4.69, 9.17) is 18.9 Å². The third kappa shape index (κ3) is 4.21. The fourth-order valence-electron chi connectivity index (χ4n) is 2.36. The van der Waals surface area contributed by atoms with Gasteiger partial charge in [0, 0.05) is 12.2 Å². The third-order valence-corrected chi connectivity index (χ3v) is 4.15. The number of methoxy groups -OCH3 is 1. The highest BCUT2D eigenvalue weighted by atomic mass is 79.9. The van der Waals surface area contributed by atoms with E-state index in [2.05, 4.69) is 15.9 Å². The lowest BCUT2D eigenvalue weighted by atomic mass is 10.1. The topological polar surface area (TPSA) is 54.0 Å². The van der Waals surface area contributed by atoms with Gasteiger partial charge in [-0.1, -0.05) is 0 Å². The van der Waals surface area contributed by atoms with Crippen LogP contribution in [0.25, 0.3) is 0 Å². The van der Waals surface area contributed by atoms with E-state index in [0.29, 0.717) is 16.9 Å². The van der Waals surface area contributed by atoms with E-state index in [9.17, 15) is 4.79 Å². The number of carbonyl (C=O) groups excluding carboxylic acids is 1. The monoisotopic (exact) mass is 372 g/mol. The van der Waals surface area contributed by atoms with Crippen molar-refractivity contribution < 1.29 is 23.7 Å². The van der Waals surface area contributed by atoms with Crippen LogP contribution in [0.3, 0.4) is 0 Å². The zero-order chi connectivity index (χ0) is 16.1. The number of benzene rings is 1.